The van der Waals surface area contributed by atoms with Crippen molar-refractivity contribution in [1.82, 2.24) is 9.80 Å². The fraction of sp³-hybridized carbons (Fsp3) is 0.207. The molecule has 1 saturated heterocycles. The Morgan fingerprint density at radius 2 is 1.81 bits per heavy atom. The molecule has 2 heterocycles. The number of hydrogen-bond donors (Lipinski definition) is 0. The smallest absolute Gasteiger partial charge is 0.339 e. The molecule has 0 atom stereocenters. The van der Waals surface area contributed by atoms with Crippen LogP contribution in [0.25, 0.3) is 6.08 Å². The number of nitro groups is 1. The molecule has 0 aromatic heterocycles. The number of ether oxygens (including phenoxy) is 1. The van der Waals surface area contributed by atoms with Gasteiger partial charge in [-0.3, -0.25) is 29.4 Å². The largest absolute Gasteiger partial charge is 0.493 e. The lowest BCUT2D eigenvalue weighted by atomic mass is 10.00. The van der Waals surface area contributed by atoms with Gasteiger partial charge in [-0.05, 0) is 66.1 Å². The van der Waals surface area contributed by atoms with Crippen molar-refractivity contribution < 1.29 is 36.6 Å². The quantitative estimate of drug-likeness (QED) is 0.154. The molecule has 14 heteroatoms. The zero-order valence-corrected chi connectivity index (χ0v) is 24.6. The van der Waals surface area contributed by atoms with Crippen molar-refractivity contribution in [3.63, 3.8) is 0 Å². The standard InChI is InChI=1S/C29H25N3O9S2/c1-18-7-9-22(15-23(18)32(36)37)43(38,39)41-24-10-8-19(13-25(24)40-2)14-26-28(34)31(29(35)42-26)17-27(33)30-12-11-20-5-3-4-6-21(20)16-30/h3-10,13-15H,11-12,16-17H2,1-2H3/b26-14-. The van der Waals surface area contributed by atoms with Crippen molar-refractivity contribution in [2.75, 3.05) is 20.2 Å². The first-order valence-electron chi connectivity index (χ1n) is 12.9. The van der Waals surface area contributed by atoms with Gasteiger partial charge >= 0.3 is 10.1 Å². The minimum atomic E-state index is -4.46. The van der Waals surface area contributed by atoms with Crippen LogP contribution in [0.2, 0.25) is 0 Å². The molecule has 12 nitrogen and oxygen atoms in total. The summed E-state index contributed by atoms with van der Waals surface area (Å²) >= 11 is 0.688. The first kappa shape index (κ1) is 29.8. The summed E-state index contributed by atoms with van der Waals surface area (Å²) in [5, 5.41) is 10.7. The van der Waals surface area contributed by atoms with E-state index in [1.807, 2.05) is 24.3 Å². The maximum absolute atomic E-state index is 13.1. The molecule has 0 bridgehead atoms. The van der Waals surface area contributed by atoms with E-state index in [0.717, 1.165) is 16.5 Å². The van der Waals surface area contributed by atoms with Gasteiger partial charge in [0.15, 0.2) is 11.5 Å². The van der Waals surface area contributed by atoms with Crippen LogP contribution in [0, 0.1) is 17.0 Å². The minimum absolute atomic E-state index is 0.00118. The van der Waals surface area contributed by atoms with Crippen LogP contribution in [0.3, 0.4) is 0 Å². The minimum Gasteiger partial charge on any atom is -0.493 e. The molecule has 3 aromatic carbocycles. The van der Waals surface area contributed by atoms with Crippen LogP contribution in [0.1, 0.15) is 22.3 Å². The molecule has 43 heavy (non-hydrogen) atoms. The maximum Gasteiger partial charge on any atom is 0.339 e. The zero-order chi connectivity index (χ0) is 30.9. The maximum atomic E-state index is 13.1. The predicted octanol–water partition coefficient (Wildman–Crippen LogP) is 4.30. The highest BCUT2D eigenvalue weighted by molar-refractivity contribution is 8.18. The molecule has 2 aliphatic heterocycles. The number of methoxy groups -OCH3 is 1. The summed E-state index contributed by atoms with van der Waals surface area (Å²) in [6.45, 7) is 2.01. The van der Waals surface area contributed by atoms with Crippen LogP contribution < -0.4 is 8.92 Å². The van der Waals surface area contributed by atoms with E-state index in [1.54, 1.807) is 4.90 Å². The van der Waals surface area contributed by atoms with Gasteiger partial charge in [0.25, 0.3) is 16.8 Å². The summed E-state index contributed by atoms with van der Waals surface area (Å²) in [5.74, 6) is -1.15. The SMILES string of the molecule is COc1cc(/C=C2\SC(=O)N(CC(=O)N3CCc4ccccc4C3)C2=O)ccc1OS(=O)(=O)c1ccc(C)c([N+](=O)[O-])c1. The Balaban J connectivity index is 1.30. The van der Waals surface area contributed by atoms with Gasteiger partial charge in [0.1, 0.15) is 11.4 Å². The Kier molecular flexibility index (Phi) is 8.24. The van der Waals surface area contributed by atoms with E-state index in [0.29, 0.717) is 36.8 Å². The monoisotopic (exact) mass is 623 g/mol. The Labute approximate surface area is 251 Å². The third-order valence-corrected chi connectivity index (χ3v) is 9.14. The third kappa shape index (κ3) is 6.24. The van der Waals surface area contributed by atoms with Gasteiger partial charge in [-0.2, -0.15) is 8.42 Å². The van der Waals surface area contributed by atoms with Crippen LogP contribution in [-0.2, 0) is 32.7 Å². The molecule has 0 unspecified atom stereocenters. The average molecular weight is 624 g/mol. The van der Waals surface area contributed by atoms with Crippen LogP contribution in [-0.4, -0.2) is 60.4 Å². The van der Waals surface area contributed by atoms with E-state index < -0.39 is 31.1 Å². The van der Waals surface area contributed by atoms with Gasteiger partial charge in [-0.1, -0.05) is 36.4 Å². The number of fused-ring (bicyclic) bond motifs is 1. The lowest BCUT2D eigenvalue weighted by Gasteiger charge is -2.29. The van der Waals surface area contributed by atoms with Crippen LogP contribution in [0.5, 0.6) is 11.5 Å². The Morgan fingerprint density at radius 3 is 2.53 bits per heavy atom. The second kappa shape index (κ2) is 11.9. The predicted molar refractivity (Wildman–Crippen MR) is 157 cm³/mol. The first-order chi connectivity index (χ1) is 20.5. The summed E-state index contributed by atoms with van der Waals surface area (Å²) in [7, 11) is -3.17. The average Bonchev–Trinajstić information content (AvgIpc) is 3.24. The lowest BCUT2D eigenvalue weighted by molar-refractivity contribution is -0.385. The van der Waals surface area contributed by atoms with E-state index in [1.165, 1.54) is 56.0 Å². The Bertz CT molecular complexity index is 1800. The fourth-order valence-electron chi connectivity index (χ4n) is 4.68. The van der Waals surface area contributed by atoms with Crippen molar-refractivity contribution in [2.24, 2.45) is 0 Å². The molecule has 0 saturated carbocycles. The number of amides is 3. The molecule has 3 aromatic rings. The first-order valence-corrected chi connectivity index (χ1v) is 15.2. The number of hydrogen-bond acceptors (Lipinski definition) is 10. The number of carbonyl (C=O) groups is 3. The molecule has 0 radical (unpaired) electrons. The van der Waals surface area contributed by atoms with Crippen LogP contribution in [0.15, 0.2) is 70.5 Å². The van der Waals surface area contributed by atoms with Crippen molar-refractivity contribution in [2.45, 2.75) is 24.8 Å². The fourth-order valence-corrected chi connectivity index (χ4v) is 6.48. The van der Waals surface area contributed by atoms with Crippen molar-refractivity contribution >= 4 is 50.7 Å². The molecular formula is C29H25N3O9S2. The van der Waals surface area contributed by atoms with Gasteiger partial charge in [0, 0.05) is 24.7 Å². The summed E-state index contributed by atoms with van der Waals surface area (Å²) < 4.78 is 36.2. The molecular weight excluding hydrogens is 598 g/mol. The van der Waals surface area contributed by atoms with E-state index in [-0.39, 0.29) is 40.1 Å². The summed E-state index contributed by atoms with van der Waals surface area (Å²) in [4.78, 5) is 51.4. The lowest BCUT2D eigenvalue weighted by Crippen LogP contribution is -2.44. The van der Waals surface area contributed by atoms with E-state index in [4.69, 9.17) is 8.92 Å². The third-order valence-electron chi connectivity index (χ3n) is 7.00. The molecule has 2 aliphatic rings. The molecule has 3 amide bonds. The topological polar surface area (TPSA) is 153 Å². The van der Waals surface area contributed by atoms with Gasteiger partial charge in [0.05, 0.1) is 16.9 Å². The normalized spacial score (nSPS) is 15.9. The number of carbonyl (C=O) groups excluding carboxylic acids is 3. The number of thioether (sulfide) groups is 1. The molecule has 5 rings (SSSR count). The second-order valence-corrected chi connectivity index (χ2v) is 12.3. The molecule has 0 spiro atoms. The van der Waals surface area contributed by atoms with E-state index >= 15 is 0 Å². The molecule has 0 aliphatic carbocycles. The molecule has 222 valence electrons. The van der Waals surface area contributed by atoms with Gasteiger partial charge in [-0.25, -0.2) is 0 Å². The highest BCUT2D eigenvalue weighted by Crippen LogP contribution is 2.36. The molecule has 0 N–H and O–H groups in total. The highest BCUT2D eigenvalue weighted by atomic mass is 32.2. The number of benzene rings is 3. The number of aryl methyl sites for hydroxylation is 1. The summed E-state index contributed by atoms with van der Waals surface area (Å²) in [6, 6.07) is 15.4. The van der Waals surface area contributed by atoms with E-state index in [9.17, 15) is 32.9 Å². The highest BCUT2D eigenvalue weighted by Gasteiger charge is 2.37. The number of rotatable bonds is 8. The Morgan fingerprint density at radius 1 is 1.07 bits per heavy atom. The number of nitro benzene ring substituents is 1. The van der Waals surface area contributed by atoms with Gasteiger partial charge < -0.3 is 13.8 Å². The summed E-state index contributed by atoms with van der Waals surface area (Å²) in [6.07, 6.45) is 2.12. The Hall–Kier alpha value is -4.69. The van der Waals surface area contributed by atoms with Crippen LogP contribution >= 0.6 is 11.8 Å². The van der Waals surface area contributed by atoms with Crippen LogP contribution in [0.4, 0.5) is 10.5 Å². The molecule has 1 fully saturated rings. The van der Waals surface area contributed by atoms with Gasteiger partial charge in [-0.15, -0.1) is 0 Å². The zero-order valence-electron chi connectivity index (χ0n) is 23.0. The number of imide groups is 1. The van der Waals surface area contributed by atoms with Gasteiger partial charge in [0.2, 0.25) is 5.91 Å². The van der Waals surface area contributed by atoms with E-state index in [2.05, 4.69) is 0 Å². The summed E-state index contributed by atoms with van der Waals surface area (Å²) in [5.41, 5.74) is 2.52. The second-order valence-electron chi connectivity index (χ2n) is 9.76. The van der Waals surface area contributed by atoms with Crippen molar-refractivity contribution in [3.8, 4) is 11.5 Å². The number of nitrogens with zero attached hydrogens (tertiary/aromatic N) is 3. The van der Waals surface area contributed by atoms with Crippen molar-refractivity contribution in [1.29, 1.82) is 0 Å². The van der Waals surface area contributed by atoms with Crippen molar-refractivity contribution in [3.05, 3.63) is 97.9 Å².